The first-order chi connectivity index (χ1) is 5.45. The van der Waals surface area contributed by atoms with Gasteiger partial charge in [-0.25, -0.2) is 0 Å². The van der Waals surface area contributed by atoms with E-state index < -0.39 is 13.0 Å². The molecule has 0 saturated carbocycles. The fraction of sp³-hybridized carbons (Fsp3) is 0.429. The summed E-state index contributed by atoms with van der Waals surface area (Å²) >= 11 is 3.03. The van der Waals surface area contributed by atoms with Crippen LogP contribution in [0.3, 0.4) is 0 Å². The average molecular weight is 245 g/mol. The van der Waals surface area contributed by atoms with E-state index in [0.29, 0.717) is 4.48 Å². The summed E-state index contributed by atoms with van der Waals surface area (Å²) in [5.74, 6) is 0. The first-order valence-electron chi connectivity index (χ1n) is 3.15. The third-order valence-corrected chi connectivity index (χ3v) is 1.44. The van der Waals surface area contributed by atoms with Gasteiger partial charge in [0, 0.05) is 4.48 Å². The van der Waals surface area contributed by atoms with Gasteiger partial charge in [0.2, 0.25) is 0 Å². The third-order valence-electron chi connectivity index (χ3n) is 0.851. The molecule has 70 valence electrons. The van der Waals surface area contributed by atoms with E-state index in [1.54, 1.807) is 19.1 Å². The Kier molecular flexibility index (Phi) is 5.24. The van der Waals surface area contributed by atoms with Crippen molar-refractivity contribution in [2.75, 3.05) is 6.61 Å². The highest BCUT2D eigenvalue weighted by atomic mass is 79.9. The molecular weight excluding hydrogens is 237 g/mol. The largest absolute Gasteiger partial charge is 0.522 e. The Morgan fingerprint density at radius 3 is 2.50 bits per heavy atom. The Labute approximate surface area is 77.0 Å². The lowest BCUT2D eigenvalue weighted by Gasteiger charge is -2.03. The van der Waals surface area contributed by atoms with Crippen molar-refractivity contribution in [3.63, 3.8) is 0 Å². The molecule has 0 fully saturated rings. The fourth-order valence-electron chi connectivity index (χ4n) is 0.443. The summed E-state index contributed by atoms with van der Waals surface area (Å²) in [7, 11) is 0. The lowest BCUT2D eigenvalue weighted by molar-refractivity contribution is -0.319. The van der Waals surface area contributed by atoms with E-state index in [1.807, 2.05) is 0 Å². The lowest BCUT2D eigenvalue weighted by atomic mass is 10.4. The monoisotopic (exact) mass is 244 g/mol. The van der Waals surface area contributed by atoms with E-state index in [0.717, 1.165) is 0 Å². The molecule has 0 radical (unpaired) electrons. The predicted octanol–water partition coefficient (Wildman–Crippen LogP) is 3.38. The van der Waals surface area contributed by atoms with Crippen LogP contribution in [0.2, 0.25) is 0 Å². The molecule has 0 aromatic rings. The van der Waals surface area contributed by atoms with Gasteiger partial charge in [-0.1, -0.05) is 28.1 Å². The van der Waals surface area contributed by atoms with Gasteiger partial charge < -0.3 is 0 Å². The van der Waals surface area contributed by atoms with E-state index >= 15 is 0 Å². The normalized spacial score (nSPS) is 14.2. The Bertz CT molecular complexity index is 184. The molecular formula is C7H8BrF3O. The molecule has 0 aromatic heterocycles. The topological polar surface area (TPSA) is 9.23 Å². The van der Waals surface area contributed by atoms with Crippen LogP contribution in [-0.4, -0.2) is 13.0 Å². The van der Waals surface area contributed by atoms with Crippen molar-refractivity contribution in [2.45, 2.75) is 13.3 Å². The minimum Gasteiger partial charge on any atom is -0.288 e. The number of ether oxygens (including phenoxy) is 1. The van der Waals surface area contributed by atoms with Crippen LogP contribution in [0.25, 0.3) is 0 Å². The third kappa shape index (κ3) is 7.81. The second-order valence-corrected chi connectivity index (χ2v) is 2.76. The molecule has 0 unspecified atom stereocenters. The Balaban J connectivity index is 3.75. The SMILES string of the molecule is C/C=C\C(Br)=C/COC(F)(F)F. The van der Waals surface area contributed by atoms with E-state index in [-0.39, 0.29) is 0 Å². The van der Waals surface area contributed by atoms with Crippen LogP contribution < -0.4 is 0 Å². The quantitative estimate of drug-likeness (QED) is 0.692. The first kappa shape index (κ1) is 11.7. The highest BCUT2D eigenvalue weighted by Gasteiger charge is 2.28. The maximum atomic E-state index is 11.4. The van der Waals surface area contributed by atoms with Crippen molar-refractivity contribution in [3.8, 4) is 0 Å². The van der Waals surface area contributed by atoms with Gasteiger partial charge in [0.1, 0.15) is 0 Å². The molecule has 0 N–H and O–H groups in total. The van der Waals surface area contributed by atoms with Crippen molar-refractivity contribution in [1.29, 1.82) is 0 Å². The van der Waals surface area contributed by atoms with Crippen molar-refractivity contribution < 1.29 is 17.9 Å². The zero-order valence-electron chi connectivity index (χ0n) is 6.36. The summed E-state index contributed by atoms with van der Waals surface area (Å²) < 4.78 is 38.3. The summed E-state index contributed by atoms with van der Waals surface area (Å²) in [6.45, 7) is 1.29. The Hall–Kier alpha value is -0.290. The van der Waals surface area contributed by atoms with Crippen molar-refractivity contribution in [2.24, 2.45) is 0 Å². The summed E-state index contributed by atoms with van der Waals surface area (Å²) in [6.07, 6.45) is 0.0567. The molecule has 0 rings (SSSR count). The summed E-state index contributed by atoms with van der Waals surface area (Å²) in [6, 6.07) is 0. The van der Waals surface area contributed by atoms with Gasteiger partial charge in [-0.05, 0) is 13.0 Å². The highest BCUT2D eigenvalue weighted by Crippen LogP contribution is 2.16. The second kappa shape index (κ2) is 5.37. The molecule has 0 aliphatic heterocycles. The standard InChI is InChI=1S/C7H8BrF3O/c1-2-3-6(8)4-5-12-7(9,10)11/h2-4H,5H2,1H3/b3-2-,6-4+. The molecule has 0 aliphatic rings. The molecule has 0 heterocycles. The van der Waals surface area contributed by atoms with E-state index in [2.05, 4.69) is 20.7 Å². The molecule has 12 heavy (non-hydrogen) atoms. The van der Waals surface area contributed by atoms with E-state index in [1.165, 1.54) is 6.08 Å². The summed E-state index contributed by atoms with van der Waals surface area (Å²) in [4.78, 5) is 0. The number of hydrogen-bond donors (Lipinski definition) is 0. The highest BCUT2D eigenvalue weighted by molar-refractivity contribution is 9.11. The van der Waals surface area contributed by atoms with Gasteiger partial charge >= 0.3 is 6.36 Å². The predicted molar refractivity (Wildman–Crippen MR) is 43.8 cm³/mol. The number of allylic oxidation sites excluding steroid dienone is 3. The summed E-state index contributed by atoms with van der Waals surface area (Å²) in [5, 5.41) is 0. The van der Waals surface area contributed by atoms with Gasteiger partial charge in [-0.3, -0.25) is 4.74 Å². The first-order valence-corrected chi connectivity index (χ1v) is 3.94. The molecule has 1 nitrogen and oxygen atoms in total. The molecule has 0 spiro atoms. The maximum Gasteiger partial charge on any atom is 0.522 e. The van der Waals surface area contributed by atoms with Gasteiger partial charge in [-0.2, -0.15) is 0 Å². The lowest BCUT2D eigenvalue weighted by Crippen LogP contribution is -2.12. The van der Waals surface area contributed by atoms with Crippen LogP contribution in [0.5, 0.6) is 0 Å². The molecule has 0 amide bonds. The van der Waals surface area contributed by atoms with Crippen LogP contribution in [-0.2, 0) is 4.74 Å². The second-order valence-electron chi connectivity index (χ2n) is 1.85. The maximum absolute atomic E-state index is 11.4. The van der Waals surface area contributed by atoms with E-state index in [4.69, 9.17) is 0 Å². The zero-order chi connectivity index (χ0) is 9.61. The minimum absolute atomic E-state index is 0.478. The summed E-state index contributed by atoms with van der Waals surface area (Å²) in [5.41, 5.74) is 0. The zero-order valence-corrected chi connectivity index (χ0v) is 7.95. The van der Waals surface area contributed by atoms with Gasteiger partial charge in [0.05, 0.1) is 6.61 Å². The van der Waals surface area contributed by atoms with Gasteiger partial charge in [-0.15, -0.1) is 13.2 Å². The Morgan fingerprint density at radius 2 is 2.08 bits per heavy atom. The molecule has 5 heteroatoms. The van der Waals surface area contributed by atoms with Crippen LogP contribution in [0, 0.1) is 0 Å². The van der Waals surface area contributed by atoms with Crippen LogP contribution in [0.4, 0.5) is 13.2 Å². The average Bonchev–Trinajstić information content (AvgIpc) is 1.84. The van der Waals surface area contributed by atoms with Gasteiger partial charge in [0.25, 0.3) is 0 Å². The number of alkyl halides is 3. The number of hydrogen-bond acceptors (Lipinski definition) is 1. The van der Waals surface area contributed by atoms with Crippen LogP contribution in [0.1, 0.15) is 6.92 Å². The van der Waals surface area contributed by atoms with Crippen LogP contribution >= 0.6 is 15.9 Å². The van der Waals surface area contributed by atoms with Crippen molar-refractivity contribution in [1.82, 2.24) is 0 Å². The Morgan fingerprint density at radius 1 is 1.50 bits per heavy atom. The number of halogens is 4. The van der Waals surface area contributed by atoms with Crippen molar-refractivity contribution >= 4 is 15.9 Å². The molecule has 0 aliphatic carbocycles. The molecule has 0 saturated heterocycles. The minimum atomic E-state index is -4.56. The smallest absolute Gasteiger partial charge is 0.288 e. The molecule has 0 bridgehead atoms. The molecule has 0 atom stereocenters. The molecule has 0 aromatic carbocycles. The van der Waals surface area contributed by atoms with Crippen molar-refractivity contribution in [3.05, 3.63) is 22.7 Å². The van der Waals surface area contributed by atoms with E-state index in [9.17, 15) is 13.2 Å². The van der Waals surface area contributed by atoms with Gasteiger partial charge in [0.15, 0.2) is 0 Å². The fourth-order valence-corrected chi connectivity index (χ4v) is 0.840. The van der Waals surface area contributed by atoms with Crippen LogP contribution in [0.15, 0.2) is 22.7 Å². The number of rotatable bonds is 3.